The monoisotopic (exact) mass is 346 g/mol. The minimum absolute atomic E-state index is 0. The van der Waals surface area contributed by atoms with Crippen molar-refractivity contribution in [2.75, 3.05) is 31.1 Å². The highest BCUT2D eigenvalue weighted by molar-refractivity contribution is 7.99. The van der Waals surface area contributed by atoms with Gasteiger partial charge in [0.1, 0.15) is 0 Å². The van der Waals surface area contributed by atoms with Gasteiger partial charge in [0.25, 0.3) is 0 Å². The molecule has 0 saturated carbocycles. The summed E-state index contributed by atoms with van der Waals surface area (Å²) in [5.74, 6) is 0.768. The van der Waals surface area contributed by atoms with Crippen molar-refractivity contribution in [1.29, 1.82) is 0 Å². The molecule has 1 unspecified atom stereocenters. The van der Waals surface area contributed by atoms with Gasteiger partial charge in [-0.25, -0.2) is 0 Å². The molecule has 1 atom stereocenters. The summed E-state index contributed by atoms with van der Waals surface area (Å²) in [5, 5.41) is 0. The van der Waals surface area contributed by atoms with Crippen LogP contribution in [0.3, 0.4) is 0 Å². The number of likely N-dealkylation sites (tertiary alicyclic amines) is 1. The third-order valence-corrected chi connectivity index (χ3v) is 5.92. The molecular weight excluding hydrogens is 324 g/mol. The Kier molecular flexibility index (Phi) is 5.20. The fourth-order valence-electron chi connectivity index (χ4n) is 3.59. The van der Waals surface area contributed by atoms with Crippen molar-refractivity contribution >= 4 is 35.5 Å². The maximum Gasteiger partial charge on any atom is 0.0552 e. The van der Waals surface area contributed by atoms with E-state index in [1.165, 1.54) is 47.2 Å². The summed E-state index contributed by atoms with van der Waals surface area (Å²) in [6.45, 7) is 7.08. The van der Waals surface area contributed by atoms with E-state index in [2.05, 4.69) is 65.3 Å². The second kappa shape index (κ2) is 7.16. The van der Waals surface area contributed by atoms with Crippen LogP contribution in [0, 0.1) is 5.92 Å². The highest BCUT2D eigenvalue weighted by atomic mass is 35.5. The van der Waals surface area contributed by atoms with Crippen molar-refractivity contribution < 1.29 is 0 Å². The predicted octanol–water partition coefficient (Wildman–Crippen LogP) is 5.05. The van der Waals surface area contributed by atoms with E-state index in [1.807, 2.05) is 11.8 Å². The van der Waals surface area contributed by atoms with Crippen LogP contribution >= 0.6 is 24.2 Å². The smallest absolute Gasteiger partial charge is 0.0552 e. The first-order chi connectivity index (χ1) is 10.8. The number of fused-ring (bicyclic) bond motifs is 2. The molecule has 2 aliphatic heterocycles. The van der Waals surface area contributed by atoms with Crippen LogP contribution < -0.4 is 4.90 Å². The minimum Gasteiger partial charge on any atom is -0.339 e. The van der Waals surface area contributed by atoms with Gasteiger partial charge in [-0.3, -0.25) is 0 Å². The molecule has 2 aromatic carbocycles. The van der Waals surface area contributed by atoms with Gasteiger partial charge in [-0.2, -0.15) is 0 Å². The number of benzene rings is 2. The summed E-state index contributed by atoms with van der Waals surface area (Å²) < 4.78 is 0. The molecule has 4 heteroatoms. The molecule has 2 nitrogen and oxygen atoms in total. The van der Waals surface area contributed by atoms with Crippen LogP contribution in [-0.2, 0) is 0 Å². The van der Waals surface area contributed by atoms with Gasteiger partial charge in [-0.1, -0.05) is 43.0 Å². The van der Waals surface area contributed by atoms with Gasteiger partial charge >= 0.3 is 0 Å². The molecule has 2 heterocycles. The van der Waals surface area contributed by atoms with E-state index in [9.17, 15) is 0 Å². The highest BCUT2D eigenvalue weighted by Gasteiger charge is 2.28. The molecule has 122 valence electrons. The lowest BCUT2D eigenvalue weighted by atomic mass is 10.1. The van der Waals surface area contributed by atoms with E-state index >= 15 is 0 Å². The Morgan fingerprint density at radius 1 is 1.00 bits per heavy atom. The maximum absolute atomic E-state index is 2.57. The summed E-state index contributed by atoms with van der Waals surface area (Å²) in [4.78, 5) is 7.88. The van der Waals surface area contributed by atoms with Crippen LogP contribution in [0.2, 0.25) is 0 Å². The zero-order chi connectivity index (χ0) is 14.9. The first kappa shape index (κ1) is 16.7. The molecule has 0 radical (unpaired) electrons. The zero-order valence-corrected chi connectivity index (χ0v) is 15.1. The number of hydrogen-bond acceptors (Lipinski definition) is 3. The Bertz CT molecular complexity index is 630. The zero-order valence-electron chi connectivity index (χ0n) is 13.4. The number of anilines is 2. The Morgan fingerprint density at radius 3 is 2.17 bits per heavy atom. The predicted molar refractivity (Wildman–Crippen MR) is 101 cm³/mol. The molecule has 23 heavy (non-hydrogen) atoms. The number of hydrogen-bond donors (Lipinski definition) is 0. The molecule has 0 N–H and O–H groups in total. The Labute approximate surface area is 149 Å². The lowest BCUT2D eigenvalue weighted by Gasteiger charge is -2.34. The highest BCUT2D eigenvalue weighted by Crippen LogP contribution is 2.48. The topological polar surface area (TPSA) is 6.48 Å². The Hall–Kier alpha value is -1.16. The van der Waals surface area contributed by atoms with Gasteiger partial charge < -0.3 is 9.80 Å². The van der Waals surface area contributed by atoms with Crippen molar-refractivity contribution in [3.05, 3.63) is 48.5 Å². The fourth-order valence-corrected chi connectivity index (χ4v) is 4.68. The summed E-state index contributed by atoms with van der Waals surface area (Å²) in [6, 6.07) is 17.6. The summed E-state index contributed by atoms with van der Waals surface area (Å²) in [6.07, 6.45) is 1.32. The molecule has 4 rings (SSSR count). The van der Waals surface area contributed by atoms with Crippen LogP contribution in [0.15, 0.2) is 58.3 Å². The van der Waals surface area contributed by atoms with Crippen LogP contribution in [0.5, 0.6) is 0 Å². The molecule has 0 spiro atoms. The van der Waals surface area contributed by atoms with Crippen molar-refractivity contribution in [3.8, 4) is 0 Å². The van der Waals surface area contributed by atoms with Crippen LogP contribution in [0.25, 0.3) is 0 Å². The lowest BCUT2D eigenvalue weighted by Crippen LogP contribution is -2.29. The molecule has 0 amide bonds. The second-order valence-corrected chi connectivity index (χ2v) is 7.28. The third-order valence-electron chi connectivity index (χ3n) is 4.79. The Balaban J connectivity index is 0.00000156. The van der Waals surface area contributed by atoms with Crippen LogP contribution in [-0.4, -0.2) is 31.1 Å². The van der Waals surface area contributed by atoms with Crippen molar-refractivity contribution in [2.24, 2.45) is 5.92 Å². The van der Waals surface area contributed by atoms with Gasteiger partial charge in [0.15, 0.2) is 0 Å². The number of para-hydroxylation sites is 2. The average molecular weight is 347 g/mol. The fraction of sp³-hybridized carbons (Fsp3) is 0.368. The van der Waals surface area contributed by atoms with Crippen molar-refractivity contribution in [3.63, 3.8) is 0 Å². The van der Waals surface area contributed by atoms with E-state index in [4.69, 9.17) is 0 Å². The van der Waals surface area contributed by atoms with Crippen LogP contribution in [0.4, 0.5) is 11.4 Å². The first-order valence-electron chi connectivity index (χ1n) is 8.21. The Morgan fingerprint density at radius 2 is 1.61 bits per heavy atom. The maximum atomic E-state index is 2.57. The number of halogens is 1. The second-order valence-electron chi connectivity index (χ2n) is 6.20. The van der Waals surface area contributed by atoms with Gasteiger partial charge in [-0.05, 0) is 49.7 Å². The van der Waals surface area contributed by atoms with E-state index in [-0.39, 0.29) is 12.4 Å². The van der Waals surface area contributed by atoms with Gasteiger partial charge in [0.05, 0.1) is 11.4 Å². The quantitative estimate of drug-likeness (QED) is 0.767. The molecule has 2 aliphatic rings. The summed E-state index contributed by atoms with van der Waals surface area (Å²) >= 11 is 1.90. The molecule has 0 aliphatic carbocycles. The van der Waals surface area contributed by atoms with Gasteiger partial charge in [0.2, 0.25) is 0 Å². The summed E-state index contributed by atoms with van der Waals surface area (Å²) in [5.41, 5.74) is 2.75. The van der Waals surface area contributed by atoms with Gasteiger partial charge in [0, 0.05) is 22.9 Å². The summed E-state index contributed by atoms with van der Waals surface area (Å²) in [7, 11) is 0. The SMILES string of the molecule is CCN1CCC(CN2c3ccccc3Sc3ccccc32)C1.Cl. The van der Waals surface area contributed by atoms with E-state index in [0.717, 1.165) is 12.5 Å². The molecule has 2 aromatic rings. The van der Waals surface area contributed by atoms with Crippen molar-refractivity contribution in [2.45, 2.75) is 23.1 Å². The minimum atomic E-state index is 0. The van der Waals surface area contributed by atoms with E-state index < -0.39 is 0 Å². The third kappa shape index (κ3) is 3.23. The van der Waals surface area contributed by atoms with Crippen molar-refractivity contribution in [1.82, 2.24) is 4.90 Å². The molecule has 0 bridgehead atoms. The normalized spacial score (nSPS) is 19.9. The molecule has 0 aromatic heterocycles. The average Bonchev–Trinajstić information content (AvgIpc) is 3.02. The molecule has 1 fully saturated rings. The lowest BCUT2D eigenvalue weighted by molar-refractivity contribution is 0.343. The van der Waals surface area contributed by atoms with Gasteiger partial charge in [-0.15, -0.1) is 12.4 Å². The number of rotatable bonds is 3. The standard InChI is InChI=1S/C19H22N2S.ClH/c1-2-20-12-11-15(13-20)14-21-16-7-3-5-9-18(16)22-19-10-6-4-8-17(19)21;/h3-10,15H,2,11-14H2,1H3;1H. The first-order valence-corrected chi connectivity index (χ1v) is 9.02. The number of nitrogens with zero attached hydrogens (tertiary/aromatic N) is 2. The molecular formula is C19H23ClN2S. The van der Waals surface area contributed by atoms with E-state index in [1.54, 1.807) is 0 Å². The van der Waals surface area contributed by atoms with E-state index in [0.29, 0.717) is 0 Å². The largest absolute Gasteiger partial charge is 0.339 e. The molecule has 1 saturated heterocycles. The van der Waals surface area contributed by atoms with Crippen LogP contribution in [0.1, 0.15) is 13.3 Å².